The fourth-order valence-electron chi connectivity index (χ4n) is 2.23. The Balaban J connectivity index is 2.35. The minimum atomic E-state index is -4.60. The Morgan fingerprint density at radius 1 is 1.18 bits per heavy atom. The van der Waals surface area contributed by atoms with E-state index in [-0.39, 0.29) is 16.3 Å². The SMILES string of the molecule is COc1ccc(/C=C(\C#N)C(=O)Nc2cc(C(F)(F)F)ccc2Cl)c(OC)c1. The normalized spacial score (nSPS) is 11.5. The van der Waals surface area contributed by atoms with Crippen LogP contribution in [0.4, 0.5) is 18.9 Å². The van der Waals surface area contributed by atoms with Crippen molar-refractivity contribution >= 4 is 29.3 Å². The molecule has 0 atom stereocenters. The minimum absolute atomic E-state index is 0.0966. The molecule has 0 unspecified atom stereocenters. The standard InChI is InChI=1S/C19H14ClF3N2O3/c1-27-14-5-3-11(17(9-14)28-2)7-12(10-24)18(26)25-16-8-13(19(21,22)23)4-6-15(16)20/h3-9H,1-2H3,(H,25,26)/b12-7+. The number of hydrogen-bond donors (Lipinski definition) is 1. The zero-order chi connectivity index (χ0) is 20.9. The topological polar surface area (TPSA) is 71.3 Å². The van der Waals surface area contributed by atoms with Gasteiger partial charge in [-0.25, -0.2) is 0 Å². The van der Waals surface area contributed by atoms with Gasteiger partial charge in [-0.15, -0.1) is 0 Å². The largest absolute Gasteiger partial charge is 0.497 e. The number of methoxy groups -OCH3 is 2. The Morgan fingerprint density at radius 3 is 2.46 bits per heavy atom. The summed E-state index contributed by atoms with van der Waals surface area (Å²) in [5, 5.41) is 11.4. The number of ether oxygens (including phenoxy) is 2. The van der Waals surface area contributed by atoms with Crippen molar-refractivity contribution in [2.75, 3.05) is 19.5 Å². The summed E-state index contributed by atoms with van der Waals surface area (Å²) >= 11 is 5.86. The molecule has 9 heteroatoms. The van der Waals surface area contributed by atoms with E-state index in [0.717, 1.165) is 12.1 Å². The molecule has 2 aromatic carbocycles. The van der Waals surface area contributed by atoms with E-state index in [1.807, 2.05) is 0 Å². The fraction of sp³-hybridized carbons (Fsp3) is 0.158. The molecule has 0 aliphatic rings. The Bertz CT molecular complexity index is 966. The lowest BCUT2D eigenvalue weighted by Crippen LogP contribution is -2.15. The monoisotopic (exact) mass is 410 g/mol. The van der Waals surface area contributed by atoms with Crippen molar-refractivity contribution in [3.05, 3.63) is 58.1 Å². The molecule has 0 aliphatic heterocycles. The number of rotatable bonds is 5. The van der Waals surface area contributed by atoms with Crippen molar-refractivity contribution in [2.24, 2.45) is 0 Å². The lowest BCUT2D eigenvalue weighted by molar-refractivity contribution is -0.137. The molecule has 2 rings (SSSR count). The molecule has 0 bridgehead atoms. The second-order valence-corrected chi connectivity index (χ2v) is 5.83. The van der Waals surface area contributed by atoms with Crippen LogP contribution in [-0.2, 0) is 11.0 Å². The number of amides is 1. The van der Waals surface area contributed by atoms with E-state index < -0.39 is 17.6 Å². The number of benzene rings is 2. The number of carbonyl (C=O) groups is 1. The highest BCUT2D eigenvalue weighted by atomic mass is 35.5. The van der Waals surface area contributed by atoms with Crippen molar-refractivity contribution in [3.8, 4) is 17.6 Å². The molecular formula is C19H14ClF3N2O3. The molecule has 146 valence electrons. The van der Waals surface area contributed by atoms with Crippen molar-refractivity contribution in [1.29, 1.82) is 5.26 Å². The predicted molar refractivity (Wildman–Crippen MR) is 98.2 cm³/mol. The average Bonchev–Trinajstić information content (AvgIpc) is 2.66. The lowest BCUT2D eigenvalue weighted by Gasteiger charge is -2.12. The molecule has 1 amide bonds. The smallest absolute Gasteiger partial charge is 0.416 e. The molecule has 0 heterocycles. The molecule has 1 N–H and O–H groups in total. The summed E-state index contributed by atoms with van der Waals surface area (Å²) in [6, 6.07) is 8.95. The van der Waals surface area contributed by atoms with Gasteiger partial charge in [-0.2, -0.15) is 18.4 Å². The van der Waals surface area contributed by atoms with Crippen molar-refractivity contribution in [2.45, 2.75) is 6.18 Å². The maximum Gasteiger partial charge on any atom is 0.416 e. The molecule has 0 radical (unpaired) electrons. The Morgan fingerprint density at radius 2 is 1.89 bits per heavy atom. The van der Waals surface area contributed by atoms with Gasteiger partial charge in [-0.05, 0) is 36.4 Å². The zero-order valence-electron chi connectivity index (χ0n) is 14.7. The maximum absolute atomic E-state index is 12.9. The second kappa shape index (κ2) is 8.67. The first kappa shape index (κ1) is 21.1. The number of alkyl halides is 3. The van der Waals surface area contributed by atoms with Gasteiger partial charge in [0.2, 0.25) is 0 Å². The van der Waals surface area contributed by atoms with Gasteiger partial charge in [-0.3, -0.25) is 4.79 Å². The summed E-state index contributed by atoms with van der Waals surface area (Å²) in [6.45, 7) is 0. The minimum Gasteiger partial charge on any atom is -0.497 e. The van der Waals surface area contributed by atoms with Crippen LogP contribution in [0, 0.1) is 11.3 Å². The number of nitrogens with zero attached hydrogens (tertiary/aromatic N) is 1. The quantitative estimate of drug-likeness (QED) is 0.561. The fourth-order valence-corrected chi connectivity index (χ4v) is 2.39. The van der Waals surface area contributed by atoms with E-state index in [1.165, 1.54) is 20.3 Å². The first-order valence-electron chi connectivity index (χ1n) is 7.71. The van der Waals surface area contributed by atoms with Crippen LogP contribution in [-0.4, -0.2) is 20.1 Å². The van der Waals surface area contributed by atoms with Gasteiger partial charge in [0.05, 0.1) is 30.5 Å². The van der Waals surface area contributed by atoms with Gasteiger partial charge in [0.15, 0.2) is 0 Å². The Hall–Kier alpha value is -3.18. The van der Waals surface area contributed by atoms with Gasteiger partial charge < -0.3 is 14.8 Å². The highest BCUT2D eigenvalue weighted by Gasteiger charge is 2.31. The highest BCUT2D eigenvalue weighted by Crippen LogP contribution is 2.34. The van der Waals surface area contributed by atoms with E-state index in [0.29, 0.717) is 23.1 Å². The van der Waals surface area contributed by atoms with Crippen molar-refractivity contribution in [3.63, 3.8) is 0 Å². The molecule has 0 spiro atoms. The van der Waals surface area contributed by atoms with Crippen LogP contribution in [0.1, 0.15) is 11.1 Å². The summed E-state index contributed by atoms with van der Waals surface area (Å²) < 4.78 is 48.8. The number of anilines is 1. The number of carbonyl (C=O) groups excluding carboxylic acids is 1. The average molecular weight is 411 g/mol. The third kappa shape index (κ3) is 4.96. The number of nitrogens with one attached hydrogen (secondary N) is 1. The molecule has 0 fully saturated rings. The van der Waals surface area contributed by atoms with E-state index >= 15 is 0 Å². The van der Waals surface area contributed by atoms with Crippen LogP contribution in [0.5, 0.6) is 11.5 Å². The van der Waals surface area contributed by atoms with Crippen LogP contribution in [0.25, 0.3) is 6.08 Å². The number of halogens is 4. The zero-order valence-corrected chi connectivity index (χ0v) is 15.5. The molecule has 0 aliphatic carbocycles. The Labute approximate surface area is 163 Å². The first-order chi connectivity index (χ1) is 13.2. The first-order valence-corrected chi connectivity index (χ1v) is 8.09. The molecule has 5 nitrogen and oxygen atoms in total. The van der Waals surface area contributed by atoms with Gasteiger partial charge in [0, 0.05) is 11.6 Å². The van der Waals surface area contributed by atoms with Gasteiger partial charge in [0.1, 0.15) is 23.1 Å². The van der Waals surface area contributed by atoms with Crippen molar-refractivity contribution in [1.82, 2.24) is 0 Å². The highest BCUT2D eigenvalue weighted by molar-refractivity contribution is 6.34. The van der Waals surface area contributed by atoms with E-state index in [1.54, 1.807) is 24.3 Å². The van der Waals surface area contributed by atoms with Gasteiger partial charge in [0.25, 0.3) is 5.91 Å². The third-order valence-electron chi connectivity index (χ3n) is 3.65. The van der Waals surface area contributed by atoms with Crippen LogP contribution < -0.4 is 14.8 Å². The lowest BCUT2D eigenvalue weighted by atomic mass is 10.1. The van der Waals surface area contributed by atoms with Crippen LogP contribution in [0.3, 0.4) is 0 Å². The molecule has 0 aromatic heterocycles. The maximum atomic E-state index is 12.9. The molecule has 2 aromatic rings. The van der Waals surface area contributed by atoms with E-state index in [9.17, 15) is 23.2 Å². The summed E-state index contributed by atoms with van der Waals surface area (Å²) in [6.07, 6.45) is -3.36. The number of hydrogen-bond acceptors (Lipinski definition) is 4. The van der Waals surface area contributed by atoms with Crippen LogP contribution >= 0.6 is 11.6 Å². The van der Waals surface area contributed by atoms with Crippen LogP contribution in [0.15, 0.2) is 42.0 Å². The van der Waals surface area contributed by atoms with Crippen LogP contribution in [0.2, 0.25) is 5.02 Å². The molecule has 0 saturated carbocycles. The summed E-state index contributed by atoms with van der Waals surface area (Å²) in [7, 11) is 2.87. The Kier molecular flexibility index (Phi) is 6.54. The summed E-state index contributed by atoms with van der Waals surface area (Å²) in [4.78, 5) is 12.4. The molecule has 28 heavy (non-hydrogen) atoms. The van der Waals surface area contributed by atoms with E-state index in [2.05, 4.69) is 5.32 Å². The predicted octanol–water partition coefficient (Wildman–Crippen LogP) is 4.92. The summed E-state index contributed by atoms with van der Waals surface area (Å²) in [5.41, 5.74) is -1.18. The third-order valence-corrected chi connectivity index (χ3v) is 3.98. The van der Waals surface area contributed by atoms with Gasteiger partial charge in [-0.1, -0.05) is 11.6 Å². The van der Waals surface area contributed by atoms with Gasteiger partial charge >= 0.3 is 6.18 Å². The van der Waals surface area contributed by atoms with E-state index in [4.69, 9.17) is 21.1 Å². The second-order valence-electron chi connectivity index (χ2n) is 5.42. The molecule has 0 saturated heterocycles. The number of nitriles is 1. The summed E-state index contributed by atoms with van der Waals surface area (Å²) in [5.74, 6) is -0.0636. The molecular weight excluding hydrogens is 397 g/mol. The van der Waals surface area contributed by atoms with Crippen molar-refractivity contribution < 1.29 is 27.4 Å².